The van der Waals surface area contributed by atoms with Gasteiger partial charge in [0.05, 0.1) is 18.8 Å². The van der Waals surface area contributed by atoms with Gasteiger partial charge in [0.1, 0.15) is 38.7 Å². The molecule has 1 fully saturated rings. The molecule has 0 amide bonds. The number of ketones is 5. The van der Waals surface area contributed by atoms with Crippen LogP contribution in [0.5, 0.6) is 0 Å². The van der Waals surface area contributed by atoms with Gasteiger partial charge in [0, 0.05) is 76.1 Å². The van der Waals surface area contributed by atoms with Crippen LogP contribution >= 0.6 is 21.6 Å². The molecule has 2 rings (SSSR count). The fraction of sp³-hybridized carbons (Fsp3) is 0.765. The lowest BCUT2D eigenvalue weighted by Gasteiger charge is -2.26. The number of unbranched alkanes of at least 4 members (excludes halogenated alkanes) is 1. The largest absolute Gasteiger partial charge is 0.475 e. The molecule has 598 valence electrons. The molecule has 18 heteroatoms. The first-order chi connectivity index (χ1) is 46.8. The van der Waals surface area contributed by atoms with Gasteiger partial charge < -0.3 is 9.47 Å². The zero-order valence-corrected chi connectivity index (χ0v) is 73.0. The zero-order valence-electron chi connectivity index (χ0n) is 71.4. The van der Waals surface area contributed by atoms with E-state index in [0.29, 0.717) is 78.3 Å². The average Bonchev–Trinajstić information content (AvgIpc) is 1.44. The fourth-order valence-electron chi connectivity index (χ4n) is 9.24. The Kier molecular flexibility index (Phi) is 55.7. The minimum absolute atomic E-state index is 0.0156. The molecule has 0 aliphatic carbocycles. The highest BCUT2D eigenvalue weighted by atomic mass is 33.1. The second kappa shape index (κ2) is 53.8. The lowest BCUT2D eigenvalue weighted by atomic mass is 9.77. The Bertz CT molecular complexity index is 2660. The Hall–Kier alpha value is -4.94. The number of carbonyl (C=O) groups is 6. The Balaban J connectivity index is -0.000000365. The normalized spacial score (nSPS) is 15.0. The van der Waals surface area contributed by atoms with E-state index < -0.39 is 28.5 Å². The van der Waals surface area contributed by atoms with E-state index in [9.17, 15) is 38.6 Å². The standard InChI is InChI=1S/C17H26O.C14H26O2S2.C14H26O.C12H22O.C11H20O.C10H18O.C7H16N2O7/c1-12(2)11-14-7-9-15(10-8-14)13(3)16(18)17(4,5)6;1-13(2,3)11-16-12(15)7-5-6-8-14(4)9-10-17-18-14;1-7-8-9-10-14(5,6)12(15)11-13(2,3)4;1-6-7-8-9-12(4,5)11(13)10(2)3;1-5-6-7-8-10(12)9-11(2,3)4;1-5-6-7-8-9(11)10(2,3)4;1-7(2,3)14-4-6(16-9(12)13)5-15-8(10)11/h7-10,12-13H,11H2,1-6H3;5-11H2,1-4H3;8-9H,7,10-11H2,1-6H3;7-8,10H,6,9H2,1-5H3;6-7H,5,8-9H2,1-4H3;6-7H,5,8H2,1-4H3;6H,4-5H2,1-3H3,(H,10,11)(H,12,13)/q;;;;;;+2/b;;9-8-;8-7-;2*7-6-;/t;14-;;;;;/m.1...../s1. The summed E-state index contributed by atoms with van der Waals surface area (Å²) in [5.41, 5.74) is 1.45. The Morgan fingerprint density at radius 1 is 0.563 bits per heavy atom. The maximum Gasteiger partial charge on any atom is 0.475 e. The third kappa shape index (κ3) is 66.3. The molecule has 3 atom stereocenters. The number of allylic oxidation sites excluding steroid dienone is 8. The third-order valence-corrected chi connectivity index (χ3v) is 18.6. The minimum Gasteiger partial charge on any atom is -0.465 e. The minimum atomic E-state index is -1.02. The van der Waals surface area contributed by atoms with Crippen LogP contribution in [0.2, 0.25) is 0 Å². The van der Waals surface area contributed by atoms with E-state index in [0.717, 1.165) is 63.4 Å². The highest BCUT2D eigenvalue weighted by molar-refractivity contribution is 8.77. The molecule has 1 heterocycles. The summed E-state index contributed by atoms with van der Waals surface area (Å²) < 4.78 is 10.9. The molecule has 0 saturated carbocycles. The van der Waals surface area contributed by atoms with Crippen molar-refractivity contribution in [3.63, 3.8) is 0 Å². The number of rotatable bonds is 34. The molecule has 0 radical (unpaired) electrons. The van der Waals surface area contributed by atoms with Crippen molar-refractivity contribution < 1.29 is 68.5 Å². The van der Waals surface area contributed by atoms with Gasteiger partial charge in [-0.25, -0.2) is 10.4 Å². The smallest absolute Gasteiger partial charge is 0.465 e. The van der Waals surface area contributed by atoms with Crippen LogP contribution in [0, 0.1) is 59.6 Å². The lowest BCUT2D eigenvalue weighted by Crippen LogP contribution is -2.33. The van der Waals surface area contributed by atoms with Crippen LogP contribution in [0.15, 0.2) is 72.9 Å². The zero-order chi connectivity index (χ0) is 81.5. The van der Waals surface area contributed by atoms with Gasteiger partial charge in [-0.1, -0.05) is 295 Å². The van der Waals surface area contributed by atoms with Gasteiger partial charge in [-0.05, 0) is 125 Å². The molecule has 0 bridgehead atoms. The summed E-state index contributed by atoms with van der Waals surface area (Å²) in [7, 11) is 4.00. The second-order valence-corrected chi connectivity index (χ2v) is 38.9. The van der Waals surface area contributed by atoms with Crippen molar-refractivity contribution in [1.29, 1.82) is 0 Å². The van der Waals surface area contributed by atoms with Crippen molar-refractivity contribution in [2.24, 2.45) is 49.7 Å². The van der Waals surface area contributed by atoms with Crippen LogP contribution in [-0.4, -0.2) is 97.5 Å². The molecule has 0 spiro atoms. The number of ether oxygens (including phenoxy) is 2. The number of esters is 1. The van der Waals surface area contributed by atoms with Crippen molar-refractivity contribution in [1.82, 2.24) is 0 Å². The summed E-state index contributed by atoms with van der Waals surface area (Å²) in [4.78, 5) is 98.8. The van der Waals surface area contributed by atoms with Gasteiger partial charge in [0.15, 0.2) is 0 Å². The third-order valence-electron chi connectivity index (χ3n) is 15.3. The quantitative estimate of drug-likeness (QED) is 0.0215. The molecule has 103 heavy (non-hydrogen) atoms. The molecule has 1 aliphatic heterocycles. The van der Waals surface area contributed by atoms with Gasteiger partial charge in [0.25, 0.3) is 0 Å². The molecule has 16 nitrogen and oxygen atoms in total. The average molecular weight is 1490 g/mol. The number of hydrogen-bond acceptors (Lipinski definition) is 14. The van der Waals surface area contributed by atoms with Crippen molar-refractivity contribution in [3.05, 3.63) is 93.8 Å². The number of benzene rings is 1. The molecule has 1 aliphatic rings. The van der Waals surface area contributed by atoms with Crippen LogP contribution in [0.1, 0.15) is 335 Å². The SMILES string of the molecule is CC(C)(C)COC(=O)CCCC[C@]1(C)CCSS1.CC(C)(C)OCC(CO[N+](=O)O)O[N+](=O)O.CC(C)Cc1ccc(C(C)C(=O)C(C)(C)C)cc1.CC/C=C\CC(=O)C(C)(C)C.CC/C=C\CC(=O)CC(C)(C)C.CC/C=C\CC(C)(C)C(=O)C(C)C.CC/C=C\CC(C)(C)C(=O)CC(C)(C)C. The van der Waals surface area contributed by atoms with Gasteiger partial charge in [0.2, 0.25) is 12.7 Å². The number of nitrogens with zero attached hydrogens (tertiary/aromatic N) is 2. The summed E-state index contributed by atoms with van der Waals surface area (Å²) >= 11 is 0. The number of hydrogen-bond donors (Lipinski definition) is 2. The molecule has 2 N–H and O–H groups in total. The first kappa shape index (κ1) is 107. The molecular weight excluding hydrogens is 1340 g/mol. The molecular formula is C85H154N2O14S2+2. The summed E-state index contributed by atoms with van der Waals surface area (Å²) in [6, 6.07) is 8.52. The summed E-state index contributed by atoms with van der Waals surface area (Å²) in [5.74, 6) is 3.71. The second-order valence-electron chi connectivity index (χ2n) is 35.9. The van der Waals surface area contributed by atoms with Crippen LogP contribution in [-0.2, 0) is 54.3 Å². The Labute approximate surface area is 637 Å². The van der Waals surface area contributed by atoms with E-state index >= 15 is 0 Å². The highest BCUT2D eigenvalue weighted by Gasteiger charge is 2.33. The fourth-order valence-corrected chi connectivity index (χ4v) is 12.5. The van der Waals surface area contributed by atoms with Crippen molar-refractivity contribution in [3.8, 4) is 0 Å². The van der Waals surface area contributed by atoms with Crippen LogP contribution in [0.25, 0.3) is 0 Å². The first-order valence-corrected chi connectivity index (χ1v) is 40.2. The van der Waals surface area contributed by atoms with Crippen molar-refractivity contribution >= 4 is 56.5 Å². The van der Waals surface area contributed by atoms with E-state index in [1.54, 1.807) is 20.8 Å². The van der Waals surface area contributed by atoms with Gasteiger partial charge in [-0.2, -0.15) is 9.68 Å². The number of carbonyl (C=O) groups excluding carboxylic acids is 6. The molecule has 1 saturated heterocycles. The summed E-state index contributed by atoms with van der Waals surface area (Å²) in [6.45, 7) is 65.2. The van der Waals surface area contributed by atoms with E-state index in [1.165, 1.54) is 24.2 Å². The van der Waals surface area contributed by atoms with Gasteiger partial charge in [-0.15, -0.1) is 0 Å². The lowest BCUT2D eigenvalue weighted by molar-refractivity contribution is -0.995. The Morgan fingerprint density at radius 3 is 1.43 bits per heavy atom. The van der Waals surface area contributed by atoms with Crippen LogP contribution < -0.4 is 0 Å². The molecule has 0 aromatic heterocycles. The predicted octanol–water partition coefficient (Wildman–Crippen LogP) is 23.9. The summed E-state index contributed by atoms with van der Waals surface area (Å²) in [5, 5.41) is 14.9. The predicted molar refractivity (Wildman–Crippen MR) is 433 cm³/mol. The molecule has 2 unspecified atom stereocenters. The van der Waals surface area contributed by atoms with Crippen molar-refractivity contribution in [2.45, 2.75) is 347 Å². The van der Waals surface area contributed by atoms with E-state index in [4.69, 9.17) is 19.9 Å². The van der Waals surface area contributed by atoms with Gasteiger partial charge in [-0.3, -0.25) is 28.8 Å². The highest BCUT2D eigenvalue weighted by Crippen LogP contribution is 2.49. The molecule has 1 aromatic carbocycles. The van der Waals surface area contributed by atoms with Crippen LogP contribution in [0.4, 0.5) is 0 Å². The van der Waals surface area contributed by atoms with E-state index in [-0.39, 0.29) is 62.3 Å². The maximum atomic E-state index is 12.2. The number of Topliss-reactive ketones (excluding diaryl/α,β-unsaturated/α-hetero) is 5. The van der Waals surface area contributed by atoms with Crippen LogP contribution in [0.3, 0.4) is 0 Å². The van der Waals surface area contributed by atoms with E-state index in [2.05, 4.69) is 169 Å². The summed E-state index contributed by atoms with van der Waals surface area (Å²) in [6.07, 6.45) is 30.1. The molecule has 1 aromatic rings. The Morgan fingerprint density at radius 2 is 1.04 bits per heavy atom. The topological polar surface area (TPSA) is 220 Å². The van der Waals surface area contributed by atoms with E-state index in [1.807, 2.05) is 136 Å². The van der Waals surface area contributed by atoms with Gasteiger partial charge >= 0.3 is 16.1 Å². The first-order valence-electron chi connectivity index (χ1n) is 37.8. The van der Waals surface area contributed by atoms with Crippen molar-refractivity contribution in [2.75, 3.05) is 25.6 Å². The maximum absolute atomic E-state index is 12.2. The monoisotopic (exact) mass is 1490 g/mol.